The van der Waals surface area contributed by atoms with E-state index in [1.165, 1.54) is 109 Å². The first kappa shape index (κ1) is 47.8. The first-order valence-electron chi connectivity index (χ1n) is 20.4. The Morgan fingerprint density at radius 2 is 0.429 bits per heavy atom. The Balaban J connectivity index is 1.57. The summed E-state index contributed by atoms with van der Waals surface area (Å²) < 4.78 is 182. The van der Waals surface area contributed by atoms with Gasteiger partial charge < -0.3 is 0 Å². The van der Waals surface area contributed by atoms with E-state index in [2.05, 4.69) is 30.6 Å². The third-order valence-electron chi connectivity index (χ3n) is 11.0. The molecule has 3 heterocycles. The molecule has 0 aliphatic carbocycles. The zero-order valence-corrected chi connectivity index (χ0v) is 40.5. The van der Waals surface area contributed by atoms with Crippen LogP contribution in [0.3, 0.4) is 0 Å². The molecule has 0 bridgehead atoms. The van der Waals surface area contributed by atoms with Crippen LogP contribution in [0.1, 0.15) is 0 Å². The predicted molar refractivity (Wildman–Crippen MR) is 252 cm³/mol. The van der Waals surface area contributed by atoms with Gasteiger partial charge in [-0.3, -0.25) is 15.3 Å². The molecule has 3 aromatic heterocycles. The van der Waals surface area contributed by atoms with Crippen molar-refractivity contribution in [2.75, 3.05) is 0 Å². The van der Waals surface area contributed by atoms with E-state index in [0.29, 0.717) is 0 Å². The van der Waals surface area contributed by atoms with Gasteiger partial charge in [-0.2, -0.15) is 15.3 Å². The molecule has 0 unspecified atom stereocenters. The zero-order valence-electron chi connectivity index (χ0n) is 35.6. The number of nitrogens with one attached hydrogen (secondary N) is 3. The number of H-pyrrole nitrogens is 3. The largest absolute Gasteiger partial charge is 0.266 e. The highest BCUT2D eigenvalue weighted by molar-refractivity contribution is 7.94. The molecule has 70 heavy (non-hydrogen) atoms. The molecule has 0 radical (unpaired) electrons. The fraction of sp³-hybridized carbons (Fsp3) is 0. The molecule has 25 heteroatoms. The highest BCUT2D eigenvalue weighted by Gasteiger charge is 2.51. The lowest BCUT2D eigenvalue weighted by Gasteiger charge is -2.20. The van der Waals surface area contributed by atoms with Gasteiger partial charge in [0, 0.05) is 16.4 Å². The van der Waals surface area contributed by atoms with E-state index in [1.807, 2.05) is 0 Å². The van der Waals surface area contributed by atoms with E-state index in [1.54, 1.807) is 0 Å². The summed E-state index contributed by atoms with van der Waals surface area (Å²) in [6, 6.07) is 38.3. The van der Waals surface area contributed by atoms with Crippen LogP contribution in [0.25, 0.3) is 0 Å². The summed E-state index contributed by atoms with van der Waals surface area (Å²) in [6.07, 6.45) is 0. The van der Waals surface area contributed by atoms with Crippen LogP contribution in [0.15, 0.2) is 242 Å². The molecule has 0 aliphatic rings. The lowest BCUT2D eigenvalue weighted by atomic mass is 9.38. The van der Waals surface area contributed by atoms with E-state index in [-0.39, 0.29) is 0 Å². The summed E-state index contributed by atoms with van der Waals surface area (Å²) in [5.41, 5.74) is -3.34. The van der Waals surface area contributed by atoms with E-state index in [0.717, 1.165) is 72.8 Å². The summed E-state index contributed by atoms with van der Waals surface area (Å²) in [6.45, 7) is -2.76. The molecule has 0 atom stereocenters. The molecule has 9 rings (SSSR count). The number of hydrogen-bond donors (Lipinski definition) is 3. The maximum atomic E-state index is 15.2. The Bertz CT molecular complexity index is 3440. The Morgan fingerprint density at radius 3 is 0.614 bits per heavy atom. The van der Waals surface area contributed by atoms with Crippen LogP contribution in [0.5, 0.6) is 0 Å². The molecular formula is C45H33BN6O12S6. The summed E-state index contributed by atoms with van der Waals surface area (Å²) in [4.78, 5) is -3.09. The van der Waals surface area contributed by atoms with Crippen molar-refractivity contribution in [2.24, 2.45) is 0 Å². The second-order valence-corrected chi connectivity index (χ2v) is 26.4. The number of aromatic nitrogens is 6. The molecule has 18 nitrogen and oxygen atoms in total. The second kappa shape index (κ2) is 17.9. The standard InChI is InChI=1S/C45H33BN6O12S6/c53-65(54,31-19-7-1-8-20-31)40-37(41(48-47-40)66(55,56)32-21-9-2-10-22-32)46(38-42(67(57,58)33-23-11-3-12-24-33)49-50-43(38)68(59,60)34-25-13-4-14-26-34)39-44(69(61,62)35-27-15-5-16-28-35)51-52-45(39)70(63,64)36-29-17-6-18-30-36/h1-30H,(H,47,48)(H,49,50)(H,51,52). The zero-order chi connectivity index (χ0) is 49.7. The highest BCUT2D eigenvalue weighted by Crippen LogP contribution is 2.31. The number of rotatable bonds is 15. The molecule has 0 aliphatic heterocycles. The molecular weight excluding hydrogens is 1020 g/mol. The molecule has 3 N–H and O–H groups in total. The van der Waals surface area contributed by atoms with E-state index < -0.39 is 142 Å². The van der Waals surface area contributed by atoms with Crippen LogP contribution in [0.2, 0.25) is 0 Å². The van der Waals surface area contributed by atoms with Crippen molar-refractivity contribution in [1.29, 1.82) is 0 Å². The summed E-state index contributed by atoms with van der Waals surface area (Å²) in [5, 5.41) is 11.9. The quantitative estimate of drug-likeness (QED) is 0.124. The second-order valence-electron chi connectivity index (χ2n) is 15.1. The van der Waals surface area contributed by atoms with Crippen molar-refractivity contribution >= 4 is 82.1 Å². The van der Waals surface area contributed by atoms with Gasteiger partial charge in [0.2, 0.25) is 59.0 Å². The molecule has 0 amide bonds. The van der Waals surface area contributed by atoms with Crippen LogP contribution in [-0.2, 0) is 59.0 Å². The third-order valence-corrected chi connectivity index (χ3v) is 21.3. The van der Waals surface area contributed by atoms with Gasteiger partial charge in [0.1, 0.15) is 0 Å². The van der Waals surface area contributed by atoms with Crippen LogP contribution in [-0.4, -0.2) is 87.8 Å². The van der Waals surface area contributed by atoms with Crippen LogP contribution in [0.4, 0.5) is 0 Å². The van der Waals surface area contributed by atoms with Crippen LogP contribution in [0, 0.1) is 0 Å². The molecule has 0 fully saturated rings. The summed E-state index contributed by atoms with van der Waals surface area (Å²) >= 11 is 0. The summed E-state index contributed by atoms with van der Waals surface area (Å²) in [7, 11) is -31.0. The average Bonchev–Trinajstić information content (AvgIpc) is 4.16. The van der Waals surface area contributed by atoms with Gasteiger partial charge in [-0.25, -0.2) is 50.5 Å². The van der Waals surface area contributed by atoms with Crippen molar-refractivity contribution in [2.45, 2.75) is 59.5 Å². The minimum absolute atomic E-state index is 0.509. The topological polar surface area (TPSA) is 291 Å². The smallest absolute Gasteiger partial charge is 0.264 e. The van der Waals surface area contributed by atoms with Crippen molar-refractivity contribution in [1.82, 2.24) is 30.6 Å². The first-order chi connectivity index (χ1) is 33.3. The fourth-order valence-corrected chi connectivity index (χ4v) is 16.4. The van der Waals surface area contributed by atoms with Gasteiger partial charge in [0.15, 0.2) is 30.2 Å². The number of benzene rings is 6. The predicted octanol–water partition coefficient (Wildman–Crippen LogP) is 3.37. The van der Waals surface area contributed by atoms with Gasteiger partial charge in [-0.15, -0.1) is 0 Å². The SMILES string of the molecule is O=S(=O)(c1ccccc1)c1n[nH]c(S(=O)(=O)c2ccccc2)c1B(c1c(S(=O)(=O)c2ccccc2)n[nH]c1S(=O)(=O)c1ccccc1)c1c(S(=O)(=O)c2ccccc2)n[nH]c1S(=O)(=O)c1ccccc1. The van der Waals surface area contributed by atoms with Gasteiger partial charge in [0.05, 0.1) is 29.4 Å². The van der Waals surface area contributed by atoms with Gasteiger partial charge in [-0.1, -0.05) is 109 Å². The highest BCUT2D eigenvalue weighted by atomic mass is 32.2. The van der Waals surface area contributed by atoms with E-state index in [4.69, 9.17) is 0 Å². The molecule has 9 aromatic rings. The van der Waals surface area contributed by atoms with Crippen LogP contribution >= 0.6 is 0 Å². The Labute approximate surface area is 402 Å². The van der Waals surface area contributed by atoms with Crippen molar-refractivity contribution in [3.05, 3.63) is 182 Å². The van der Waals surface area contributed by atoms with Crippen LogP contribution < -0.4 is 16.4 Å². The Hall–Kier alpha value is -7.29. The molecule has 354 valence electrons. The minimum atomic E-state index is -5.19. The average molecular weight is 1050 g/mol. The monoisotopic (exact) mass is 1050 g/mol. The summed E-state index contributed by atoms with van der Waals surface area (Å²) in [5.74, 6) is 0. The molecule has 0 spiro atoms. The van der Waals surface area contributed by atoms with Crippen molar-refractivity contribution in [3.8, 4) is 0 Å². The van der Waals surface area contributed by atoms with Gasteiger partial charge in [-0.05, 0) is 72.8 Å². The number of sulfone groups is 6. The molecule has 0 saturated carbocycles. The lowest BCUT2D eigenvalue weighted by molar-refractivity contribution is 0.589. The third kappa shape index (κ3) is 8.08. The fourth-order valence-electron chi connectivity index (χ4n) is 7.67. The minimum Gasteiger partial charge on any atom is -0.266 e. The number of hydrogen-bond acceptors (Lipinski definition) is 15. The molecule has 0 saturated heterocycles. The lowest BCUT2D eigenvalue weighted by Crippen LogP contribution is -2.58. The normalized spacial score (nSPS) is 12.7. The number of nitrogens with zero attached hydrogens (tertiary/aromatic N) is 3. The molecule has 6 aromatic carbocycles. The maximum Gasteiger partial charge on any atom is 0.264 e. The first-order valence-corrected chi connectivity index (χ1v) is 29.3. The number of aromatic amines is 3. The Kier molecular flexibility index (Phi) is 12.2. The Morgan fingerprint density at radius 1 is 0.257 bits per heavy atom. The van der Waals surface area contributed by atoms with Gasteiger partial charge in [0.25, 0.3) is 6.71 Å². The maximum absolute atomic E-state index is 15.2. The van der Waals surface area contributed by atoms with Crippen molar-refractivity contribution in [3.63, 3.8) is 0 Å². The van der Waals surface area contributed by atoms with Gasteiger partial charge >= 0.3 is 0 Å². The van der Waals surface area contributed by atoms with E-state index in [9.17, 15) is 0 Å². The van der Waals surface area contributed by atoms with Crippen molar-refractivity contribution < 1.29 is 50.5 Å². The van der Waals surface area contributed by atoms with E-state index >= 15 is 50.5 Å².